The fourth-order valence-corrected chi connectivity index (χ4v) is 3.72. The number of fused-ring (bicyclic) bond motifs is 3. The number of aromatic amines is 1. The van der Waals surface area contributed by atoms with Gasteiger partial charge in [0.1, 0.15) is 5.75 Å². The Hall–Kier alpha value is -3.90. The topological polar surface area (TPSA) is 99.4 Å². The molecule has 6 nitrogen and oxygen atoms in total. The zero-order valence-electron chi connectivity index (χ0n) is 19.6. The molecule has 176 valence electrons. The number of carbonyl (C=O) groups excluding carboxylic acids is 1. The molecule has 4 aromatic rings. The van der Waals surface area contributed by atoms with E-state index in [2.05, 4.69) is 24.0 Å². The molecule has 0 fully saturated rings. The summed E-state index contributed by atoms with van der Waals surface area (Å²) in [6, 6.07) is 24.8. The average molecular weight is 458 g/mol. The number of rotatable bonds is 1. The largest absolute Gasteiger partial charge is 0.508 e. The molecule has 6 heteroatoms. The summed E-state index contributed by atoms with van der Waals surface area (Å²) in [5.41, 5.74) is 9.81. The fraction of sp³-hybridized carbons (Fsp3) is 0.214. The first-order valence-corrected chi connectivity index (χ1v) is 11.3. The number of benzene rings is 3. The van der Waals surface area contributed by atoms with Crippen LogP contribution in [0.2, 0.25) is 0 Å². The molecule has 0 bridgehead atoms. The van der Waals surface area contributed by atoms with Crippen molar-refractivity contribution >= 4 is 16.7 Å². The summed E-state index contributed by atoms with van der Waals surface area (Å²) in [5.74, 6) is 0.275. The highest BCUT2D eigenvalue weighted by Crippen LogP contribution is 2.23. The Kier molecular flexibility index (Phi) is 8.60. The number of nitrogens with zero attached hydrogens (tertiary/aromatic N) is 1. The van der Waals surface area contributed by atoms with Gasteiger partial charge < -0.3 is 20.7 Å². The molecule has 1 aliphatic rings. The summed E-state index contributed by atoms with van der Waals surface area (Å²) in [7, 11) is 0. The van der Waals surface area contributed by atoms with E-state index in [1.54, 1.807) is 23.1 Å². The van der Waals surface area contributed by atoms with Crippen molar-refractivity contribution in [3.8, 4) is 5.75 Å². The highest BCUT2D eigenvalue weighted by atomic mass is 16.3. The number of aromatic hydroxyl groups is 1. The molecule has 0 spiro atoms. The Morgan fingerprint density at radius 3 is 2.06 bits per heavy atom. The van der Waals surface area contributed by atoms with Gasteiger partial charge in [-0.05, 0) is 43.0 Å². The van der Waals surface area contributed by atoms with Crippen LogP contribution in [0.5, 0.6) is 5.75 Å². The molecule has 0 saturated heterocycles. The van der Waals surface area contributed by atoms with E-state index in [0.717, 1.165) is 16.6 Å². The van der Waals surface area contributed by atoms with Crippen molar-refractivity contribution in [1.82, 2.24) is 9.88 Å². The molecular weight excluding hydrogens is 426 g/mol. The number of H-pyrrole nitrogens is 1. The van der Waals surface area contributed by atoms with E-state index >= 15 is 0 Å². The molecule has 1 amide bonds. The number of phenols is 1. The van der Waals surface area contributed by atoms with Crippen molar-refractivity contribution in [2.75, 3.05) is 13.1 Å². The van der Waals surface area contributed by atoms with Gasteiger partial charge in [-0.3, -0.25) is 9.59 Å². The number of nitrogens with two attached hydrogens (primary N) is 1. The van der Waals surface area contributed by atoms with Gasteiger partial charge in [-0.15, -0.1) is 0 Å². The molecule has 0 saturated carbocycles. The molecule has 0 atom stereocenters. The summed E-state index contributed by atoms with van der Waals surface area (Å²) < 4.78 is 0. The van der Waals surface area contributed by atoms with Crippen molar-refractivity contribution < 1.29 is 9.90 Å². The van der Waals surface area contributed by atoms with Crippen LogP contribution in [0.1, 0.15) is 22.4 Å². The van der Waals surface area contributed by atoms with E-state index in [9.17, 15) is 9.59 Å². The summed E-state index contributed by atoms with van der Waals surface area (Å²) in [6.07, 6.45) is 0.668. The first-order chi connectivity index (χ1) is 16.4. The van der Waals surface area contributed by atoms with Crippen molar-refractivity contribution in [3.63, 3.8) is 0 Å². The second-order valence-electron chi connectivity index (χ2n) is 8.22. The molecule has 0 unspecified atom stereocenters. The molecule has 0 radical (unpaired) electrons. The summed E-state index contributed by atoms with van der Waals surface area (Å²) >= 11 is 0. The Morgan fingerprint density at radius 1 is 0.912 bits per heavy atom. The molecule has 3 aromatic carbocycles. The smallest absolute Gasteiger partial charge is 0.256 e. The predicted octanol–water partition coefficient (Wildman–Crippen LogP) is 4.07. The van der Waals surface area contributed by atoms with Gasteiger partial charge in [0.05, 0.1) is 6.54 Å². The lowest BCUT2D eigenvalue weighted by Crippen LogP contribution is -2.40. The zero-order chi connectivity index (χ0) is 24.5. The number of nitrogens with one attached hydrogen (secondary N) is 1. The number of phenolic OH excluding ortho intramolecular Hbond substituents is 1. The lowest BCUT2D eigenvalue weighted by Gasteiger charge is -2.29. The van der Waals surface area contributed by atoms with Gasteiger partial charge in [-0.2, -0.15) is 0 Å². The Balaban J connectivity index is 0.000000177. The molecule has 5 rings (SSSR count). The second-order valence-corrected chi connectivity index (χ2v) is 8.22. The van der Waals surface area contributed by atoms with Gasteiger partial charge in [0.25, 0.3) is 5.56 Å². The Bertz CT molecular complexity index is 1260. The third-order valence-corrected chi connectivity index (χ3v) is 5.61. The third-order valence-electron chi connectivity index (χ3n) is 5.61. The summed E-state index contributed by atoms with van der Waals surface area (Å²) in [5, 5.41) is 10.4. The van der Waals surface area contributed by atoms with Gasteiger partial charge in [-0.25, -0.2) is 0 Å². The quantitative estimate of drug-likeness (QED) is 0.401. The maximum absolute atomic E-state index is 12.0. The third kappa shape index (κ3) is 6.56. The minimum atomic E-state index is -0.0621. The maximum Gasteiger partial charge on any atom is 0.256 e. The van der Waals surface area contributed by atoms with Gasteiger partial charge in [0.2, 0.25) is 5.91 Å². The lowest BCUT2D eigenvalue weighted by atomic mass is 9.99. The Morgan fingerprint density at radius 2 is 1.50 bits per heavy atom. The highest BCUT2D eigenvalue weighted by Gasteiger charge is 2.22. The highest BCUT2D eigenvalue weighted by molar-refractivity contribution is 5.86. The molecule has 0 aliphatic carbocycles. The van der Waals surface area contributed by atoms with Crippen LogP contribution in [-0.4, -0.2) is 34.0 Å². The first kappa shape index (κ1) is 24.7. The van der Waals surface area contributed by atoms with E-state index in [-0.39, 0.29) is 18.0 Å². The first-order valence-electron chi connectivity index (χ1n) is 11.3. The van der Waals surface area contributed by atoms with Crippen LogP contribution in [0.15, 0.2) is 83.7 Å². The van der Waals surface area contributed by atoms with E-state index in [4.69, 9.17) is 10.8 Å². The maximum atomic E-state index is 12.0. The van der Waals surface area contributed by atoms with Gasteiger partial charge in [0.15, 0.2) is 0 Å². The molecule has 1 aliphatic heterocycles. The number of aryl methyl sites for hydroxylation is 2. The summed E-state index contributed by atoms with van der Waals surface area (Å²) in [6.45, 7) is 5.22. The van der Waals surface area contributed by atoms with E-state index in [1.807, 2.05) is 55.5 Å². The number of carbonyl (C=O) groups is 1. The fourth-order valence-electron chi connectivity index (χ4n) is 3.72. The number of hydrogen-bond acceptors (Lipinski definition) is 4. The van der Waals surface area contributed by atoms with Crippen LogP contribution < -0.4 is 11.3 Å². The molecule has 2 heterocycles. The van der Waals surface area contributed by atoms with E-state index < -0.39 is 0 Å². The molecule has 1 aromatic heterocycles. The van der Waals surface area contributed by atoms with Crippen LogP contribution in [0.4, 0.5) is 0 Å². The minimum Gasteiger partial charge on any atom is -0.508 e. The van der Waals surface area contributed by atoms with Crippen molar-refractivity contribution in [3.05, 3.63) is 112 Å². The summed E-state index contributed by atoms with van der Waals surface area (Å²) in [4.78, 5) is 28.3. The van der Waals surface area contributed by atoms with Crippen LogP contribution >= 0.6 is 0 Å². The number of aromatic nitrogens is 1. The van der Waals surface area contributed by atoms with Crippen LogP contribution in [0, 0.1) is 13.8 Å². The molecule has 4 N–H and O–H groups in total. The molecular formula is C28H31N3O3. The standard InChI is InChI=1S/C14H15N3O2.C7H8O.C7H8/c15-7-13(18)17-6-5-12-11(8-17)9-3-1-2-4-10(9)14(19)16-12;1-6-2-4-7(8)5-3-6;1-7-5-3-2-4-6-7/h1-4H,5-8,15H2,(H,16,19);2-5,8H,1H3;2-6H,1H3. The number of hydrogen-bond donors (Lipinski definition) is 3. The average Bonchev–Trinajstić information content (AvgIpc) is 2.87. The molecule has 34 heavy (non-hydrogen) atoms. The minimum absolute atomic E-state index is 0.0244. The van der Waals surface area contributed by atoms with Crippen molar-refractivity contribution in [2.24, 2.45) is 5.73 Å². The number of pyridine rings is 1. The van der Waals surface area contributed by atoms with Gasteiger partial charge in [-0.1, -0.05) is 71.8 Å². The normalized spacial score (nSPS) is 12.0. The van der Waals surface area contributed by atoms with E-state index in [1.165, 1.54) is 11.1 Å². The predicted molar refractivity (Wildman–Crippen MR) is 137 cm³/mol. The van der Waals surface area contributed by atoms with Crippen LogP contribution in [-0.2, 0) is 17.8 Å². The van der Waals surface area contributed by atoms with Gasteiger partial charge >= 0.3 is 0 Å². The Labute approximate surface area is 199 Å². The van der Waals surface area contributed by atoms with E-state index in [0.29, 0.717) is 30.6 Å². The van der Waals surface area contributed by atoms with Crippen LogP contribution in [0.3, 0.4) is 0 Å². The zero-order valence-corrected chi connectivity index (χ0v) is 19.6. The monoisotopic (exact) mass is 457 g/mol. The van der Waals surface area contributed by atoms with Gasteiger partial charge in [0, 0.05) is 30.6 Å². The van der Waals surface area contributed by atoms with Crippen molar-refractivity contribution in [2.45, 2.75) is 26.8 Å². The lowest BCUT2D eigenvalue weighted by molar-refractivity contribution is -0.130. The SMILES string of the molecule is Cc1ccc(O)cc1.Cc1ccccc1.NCC(=O)N1CCc2[nH]c(=O)c3ccccc3c2C1. The second kappa shape index (κ2) is 11.8. The van der Waals surface area contributed by atoms with Crippen molar-refractivity contribution in [1.29, 1.82) is 0 Å². The van der Waals surface area contributed by atoms with Crippen LogP contribution in [0.25, 0.3) is 10.8 Å². The number of amides is 1.